The van der Waals surface area contributed by atoms with Crippen LogP contribution in [0.4, 0.5) is 5.13 Å². The van der Waals surface area contributed by atoms with Crippen LogP contribution in [0.1, 0.15) is 40.3 Å². The number of aryl methyl sites for hydroxylation is 1. The summed E-state index contributed by atoms with van der Waals surface area (Å²) in [6, 6.07) is 15.8. The molecule has 0 radical (unpaired) electrons. The number of nitrogens with one attached hydrogen (secondary N) is 2. The van der Waals surface area contributed by atoms with Gasteiger partial charge in [0.2, 0.25) is 5.91 Å². The van der Waals surface area contributed by atoms with Crippen LogP contribution in [0, 0.1) is 0 Å². The Hall–Kier alpha value is -3.30. The third kappa shape index (κ3) is 6.61. The van der Waals surface area contributed by atoms with Crippen molar-refractivity contribution in [1.82, 2.24) is 20.1 Å². The highest BCUT2D eigenvalue weighted by Gasteiger charge is 2.14. The predicted octanol–water partition coefficient (Wildman–Crippen LogP) is 5.26. The van der Waals surface area contributed by atoms with E-state index in [-0.39, 0.29) is 18.2 Å². The molecule has 0 saturated heterocycles. The van der Waals surface area contributed by atoms with Gasteiger partial charge in [0, 0.05) is 30.2 Å². The molecular weight excluding hydrogens is 466 g/mol. The Morgan fingerprint density at radius 3 is 2.71 bits per heavy atom. The Kier molecular flexibility index (Phi) is 8.21. The number of amides is 2. The van der Waals surface area contributed by atoms with Gasteiger partial charge in [0.1, 0.15) is 0 Å². The van der Waals surface area contributed by atoms with Crippen molar-refractivity contribution < 1.29 is 9.59 Å². The van der Waals surface area contributed by atoms with Gasteiger partial charge in [0.05, 0.1) is 22.7 Å². The molecular formula is C25H27N5O2S2. The second-order valence-electron chi connectivity index (χ2n) is 8.02. The number of unbranched alkanes of at least 4 members (excludes halogenated alkanes) is 2. The minimum atomic E-state index is -0.175. The Morgan fingerprint density at radius 2 is 1.91 bits per heavy atom. The SMILES string of the molecule is CN(CCCCCc1cc(-c2ccccc2)n[nH]1)C(=O)Cc1csc(NC(=O)c2cccs2)n1. The second kappa shape index (κ2) is 11.7. The normalized spacial score (nSPS) is 10.9. The average Bonchev–Trinajstić information content (AvgIpc) is 3.62. The molecule has 0 unspecified atom stereocenters. The van der Waals surface area contributed by atoms with Crippen LogP contribution >= 0.6 is 22.7 Å². The van der Waals surface area contributed by atoms with Crippen molar-refractivity contribution in [2.45, 2.75) is 32.1 Å². The van der Waals surface area contributed by atoms with Crippen LogP contribution in [-0.4, -0.2) is 45.5 Å². The lowest BCUT2D eigenvalue weighted by atomic mass is 10.1. The fraction of sp³-hybridized carbons (Fsp3) is 0.280. The van der Waals surface area contributed by atoms with E-state index in [1.165, 1.54) is 22.7 Å². The third-order valence-corrected chi connectivity index (χ3v) is 7.09. The molecule has 2 N–H and O–H groups in total. The average molecular weight is 494 g/mol. The standard InChI is InChI=1S/C25H27N5O2S2/c1-30(13-7-3-6-11-19-15-21(29-28-19)18-9-4-2-5-10-18)23(31)16-20-17-34-25(26-20)27-24(32)22-12-8-14-33-22/h2,4-5,8-10,12,14-15,17H,3,6-7,11,13,16H2,1H3,(H,28,29)(H,26,27,32). The number of thiophene rings is 1. The first kappa shape index (κ1) is 23.8. The maximum absolute atomic E-state index is 12.5. The first-order valence-corrected chi connectivity index (χ1v) is 13.0. The summed E-state index contributed by atoms with van der Waals surface area (Å²) >= 11 is 2.71. The number of benzene rings is 1. The van der Waals surface area contributed by atoms with Gasteiger partial charge in [0.25, 0.3) is 5.91 Å². The number of hydrogen-bond acceptors (Lipinski definition) is 6. The summed E-state index contributed by atoms with van der Waals surface area (Å²) in [7, 11) is 1.83. The van der Waals surface area contributed by atoms with Crippen molar-refractivity contribution in [2.24, 2.45) is 0 Å². The fourth-order valence-electron chi connectivity index (χ4n) is 3.51. The summed E-state index contributed by atoms with van der Waals surface area (Å²) < 4.78 is 0. The van der Waals surface area contributed by atoms with Crippen LogP contribution < -0.4 is 5.32 Å². The molecule has 0 atom stereocenters. The number of likely N-dealkylation sites (N-methyl/N-ethyl adjacent to an activating group) is 1. The smallest absolute Gasteiger partial charge is 0.267 e. The van der Waals surface area contributed by atoms with Crippen molar-refractivity contribution >= 4 is 39.6 Å². The Labute approximate surface area is 206 Å². The Morgan fingerprint density at radius 1 is 1.06 bits per heavy atom. The van der Waals surface area contributed by atoms with Crippen molar-refractivity contribution in [3.05, 3.63) is 75.6 Å². The van der Waals surface area contributed by atoms with E-state index in [0.29, 0.717) is 22.2 Å². The molecule has 0 aliphatic heterocycles. The number of carbonyl (C=O) groups excluding carboxylic acids is 2. The zero-order chi connectivity index (χ0) is 23.8. The van der Waals surface area contributed by atoms with Gasteiger partial charge < -0.3 is 4.90 Å². The number of anilines is 1. The molecule has 34 heavy (non-hydrogen) atoms. The molecule has 0 bridgehead atoms. The molecule has 2 amide bonds. The molecule has 4 aromatic rings. The van der Waals surface area contributed by atoms with Gasteiger partial charge >= 0.3 is 0 Å². The summed E-state index contributed by atoms with van der Waals surface area (Å²) in [6.07, 6.45) is 4.19. The zero-order valence-electron chi connectivity index (χ0n) is 19.0. The van der Waals surface area contributed by atoms with Crippen LogP contribution in [0.2, 0.25) is 0 Å². The lowest BCUT2D eigenvalue weighted by molar-refractivity contribution is -0.129. The van der Waals surface area contributed by atoms with Crippen molar-refractivity contribution in [3.63, 3.8) is 0 Å². The predicted molar refractivity (Wildman–Crippen MR) is 137 cm³/mol. The van der Waals surface area contributed by atoms with Crippen LogP contribution in [0.5, 0.6) is 0 Å². The van der Waals surface area contributed by atoms with Crippen LogP contribution in [0.3, 0.4) is 0 Å². The van der Waals surface area contributed by atoms with Gasteiger partial charge in [-0.05, 0) is 36.8 Å². The van der Waals surface area contributed by atoms with E-state index >= 15 is 0 Å². The minimum Gasteiger partial charge on any atom is -0.345 e. The lowest BCUT2D eigenvalue weighted by Gasteiger charge is -2.16. The number of hydrogen-bond donors (Lipinski definition) is 2. The molecule has 3 heterocycles. The highest BCUT2D eigenvalue weighted by molar-refractivity contribution is 7.14. The maximum atomic E-state index is 12.5. The largest absolute Gasteiger partial charge is 0.345 e. The van der Waals surface area contributed by atoms with E-state index < -0.39 is 0 Å². The molecule has 176 valence electrons. The van der Waals surface area contributed by atoms with Crippen LogP contribution in [0.25, 0.3) is 11.3 Å². The molecule has 4 rings (SSSR count). The quantitative estimate of drug-likeness (QED) is 0.279. The van der Waals surface area contributed by atoms with Gasteiger partial charge in [-0.1, -0.05) is 42.8 Å². The fourth-order valence-corrected chi connectivity index (χ4v) is 4.84. The van der Waals surface area contributed by atoms with Crippen LogP contribution in [-0.2, 0) is 17.6 Å². The zero-order valence-corrected chi connectivity index (χ0v) is 20.6. The first-order valence-electron chi connectivity index (χ1n) is 11.2. The molecule has 0 aliphatic rings. The molecule has 0 fully saturated rings. The summed E-state index contributed by atoms with van der Waals surface area (Å²) in [4.78, 5) is 31.5. The van der Waals surface area contributed by atoms with E-state index in [4.69, 9.17) is 0 Å². The highest BCUT2D eigenvalue weighted by atomic mass is 32.1. The van der Waals surface area contributed by atoms with E-state index in [0.717, 1.165) is 42.6 Å². The van der Waals surface area contributed by atoms with Gasteiger partial charge in [0.15, 0.2) is 5.13 Å². The number of rotatable bonds is 11. The first-order chi connectivity index (χ1) is 16.6. The molecule has 1 aromatic carbocycles. The number of nitrogens with zero attached hydrogens (tertiary/aromatic N) is 3. The van der Waals surface area contributed by atoms with Crippen molar-refractivity contribution in [1.29, 1.82) is 0 Å². The number of aromatic amines is 1. The molecule has 0 aliphatic carbocycles. The monoisotopic (exact) mass is 493 g/mol. The molecule has 0 saturated carbocycles. The summed E-state index contributed by atoms with van der Waals surface area (Å²) in [5.74, 6) is -0.145. The van der Waals surface area contributed by atoms with Gasteiger partial charge in [-0.3, -0.25) is 20.0 Å². The maximum Gasteiger partial charge on any atom is 0.267 e. The number of H-pyrrole nitrogens is 1. The highest BCUT2D eigenvalue weighted by Crippen LogP contribution is 2.20. The Balaban J connectivity index is 1.14. The molecule has 0 spiro atoms. The van der Waals surface area contributed by atoms with Crippen molar-refractivity contribution in [2.75, 3.05) is 18.9 Å². The molecule has 3 aromatic heterocycles. The minimum absolute atomic E-state index is 0.0301. The van der Waals surface area contributed by atoms with Crippen molar-refractivity contribution in [3.8, 4) is 11.3 Å². The summed E-state index contributed by atoms with van der Waals surface area (Å²) in [5.41, 5.74) is 3.89. The van der Waals surface area contributed by atoms with E-state index in [1.807, 2.05) is 42.1 Å². The molecule has 7 nitrogen and oxygen atoms in total. The third-order valence-electron chi connectivity index (χ3n) is 5.42. The number of thiazole rings is 1. The summed E-state index contributed by atoms with van der Waals surface area (Å²) in [6.45, 7) is 0.711. The number of carbonyl (C=O) groups is 2. The molecule has 9 heteroatoms. The second-order valence-corrected chi connectivity index (χ2v) is 9.83. The van der Waals surface area contributed by atoms with E-state index in [9.17, 15) is 9.59 Å². The van der Waals surface area contributed by atoms with Gasteiger partial charge in [-0.2, -0.15) is 5.10 Å². The lowest BCUT2D eigenvalue weighted by Crippen LogP contribution is -2.29. The topological polar surface area (TPSA) is 91.0 Å². The van der Waals surface area contributed by atoms with Gasteiger partial charge in [-0.15, -0.1) is 22.7 Å². The van der Waals surface area contributed by atoms with Crippen LogP contribution in [0.15, 0.2) is 59.3 Å². The number of aromatic nitrogens is 3. The Bertz CT molecular complexity index is 1200. The van der Waals surface area contributed by atoms with E-state index in [2.05, 4.69) is 38.7 Å². The summed E-state index contributed by atoms with van der Waals surface area (Å²) in [5, 5.41) is 14.5. The van der Waals surface area contributed by atoms with E-state index in [1.54, 1.807) is 11.0 Å². The van der Waals surface area contributed by atoms with Gasteiger partial charge in [-0.25, -0.2) is 4.98 Å².